The van der Waals surface area contributed by atoms with Crippen LogP contribution in [0.15, 0.2) is 134 Å². The number of carbonyl (C=O) groups is 3. The lowest BCUT2D eigenvalue weighted by molar-refractivity contribution is -0.870. The zero-order valence-corrected chi connectivity index (χ0v) is 53.8. The largest absolute Gasteiger partial charge is 0.545 e. The molecule has 0 aliphatic rings. The predicted octanol–water partition coefficient (Wildman–Crippen LogP) is 19.2. The molecule has 0 aliphatic carbocycles. The minimum Gasteiger partial charge on any atom is -0.545 e. The summed E-state index contributed by atoms with van der Waals surface area (Å²) in [4.78, 5) is 37.5. The number of quaternary nitrogens is 1. The minimum atomic E-state index is -1.63. The molecule has 0 aromatic heterocycles. The maximum Gasteiger partial charge on any atom is 0.306 e. The molecular formula is C74H123NO8. The SMILES string of the molecule is CC/C=C\C/C=C\C/C=C\C/C=C\C/C=C\C/C=C\CCCCCCCCCCC(=O)OC(COC(=O)CCCCCCCCCCCCCCCCC/C=C\C/C=C\C/C=C\C/C=C\C/C=C\CC)COC(OCC[N+](C)(C)C)C(=O)[O-]. The lowest BCUT2D eigenvalue weighted by atomic mass is 10.0. The van der Waals surface area contributed by atoms with Gasteiger partial charge in [0.1, 0.15) is 13.2 Å². The third-order valence-corrected chi connectivity index (χ3v) is 13.9. The molecule has 0 rings (SSSR count). The summed E-state index contributed by atoms with van der Waals surface area (Å²) in [7, 11) is 5.92. The second-order valence-electron chi connectivity index (χ2n) is 23.0. The van der Waals surface area contributed by atoms with E-state index in [1.54, 1.807) is 0 Å². The van der Waals surface area contributed by atoms with Crippen molar-refractivity contribution in [2.24, 2.45) is 0 Å². The van der Waals surface area contributed by atoms with Crippen LogP contribution in [0.5, 0.6) is 0 Å². The van der Waals surface area contributed by atoms with Crippen LogP contribution in [-0.2, 0) is 33.3 Å². The molecule has 0 saturated carbocycles. The Morgan fingerprint density at radius 2 is 0.651 bits per heavy atom. The summed E-state index contributed by atoms with van der Waals surface area (Å²) in [6.07, 6.45) is 88.0. The number of carboxylic acids is 1. The van der Waals surface area contributed by atoms with Gasteiger partial charge in [0.2, 0.25) is 0 Å². The number of nitrogens with zero attached hydrogens (tertiary/aromatic N) is 1. The van der Waals surface area contributed by atoms with Crippen LogP contribution in [0.1, 0.15) is 258 Å². The van der Waals surface area contributed by atoms with Gasteiger partial charge in [-0.05, 0) is 109 Å². The van der Waals surface area contributed by atoms with E-state index in [0.717, 1.165) is 116 Å². The van der Waals surface area contributed by atoms with Gasteiger partial charge < -0.3 is 33.3 Å². The fourth-order valence-corrected chi connectivity index (χ4v) is 8.86. The topological polar surface area (TPSA) is 111 Å². The van der Waals surface area contributed by atoms with E-state index in [-0.39, 0.29) is 38.6 Å². The van der Waals surface area contributed by atoms with E-state index < -0.39 is 24.3 Å². The molecule has 0 bridgehead atoms. The van der Waals surface area contributed by atoms with E-state index in [4.69, 9.17) is 18.9 Å². The summed E-state index contributed by atoms with van der Waals surface area (Å²) in [6, 6.07) is 0. The van der Waals surface area contributed by atoms with Crippen LogP contribution < -0.4 is 5.11 Å². The van der Waals surface area contributed by atoms with Crippen LogP contribution in [0.2, 0.25) is 0 Å². The smallest absolute Gasteiger partial charge is 0.306 e. The molecule has 0 heterocycles. The first-order valence-corrected chi connectivity index (χ1v) is 33.3. The van der Waals surface area contributed by atoms with Crippen LogP contribution in [0.3, 0.4) is 0 Å². The molecule has 0 saturated heterocycles. The van der Waals surface area contributed by atoms with Crippen LogP contribution in [0, 0.1) is 0 Å². The first-order valence-electron chi connectivity index (χ1n) is 33.3. The Hall–Kier alpha value is -4.57. The maximum atomic E-state index is 12.9. The average molecular weight is 1150 g/mol. The van der Waals surface area contributed by atoms with E-state index in [1.165, 1.54) is 109 Å². The number of unbranched alkanes of at least 4 members (excludes halogenated alkanes) is 23. The first-order chi connectivity index (χ1) is 40.6. The Balaban J connectivity index is 4.19. The summed E-state index contributed by atoms with van der Waals surface area (Å²) in [6.45, 7) is 4.51. The van der Waals surface area contributed by atoms with Crippen molar-refractivity contribution in [2.45, 2.75) is 270 Å². The number of carbonyl (C=O) groups excluding carboxylic acids is 3. The molecule has 0 N–H and O–H groups in total. The van der Waals surface area contributed by atoms with Gasteiger partial charge in [-0.1, -0.05) is 270 Å². The van der Waals surface area contributed by atoms with E-state index in [1.807, 2.05) is 21.1 Å². The van der Waals surface area contributed by atoms with Crippen LogP contribution >= 0.6 is 0 Å². The van der Waals surface area contributed by atoms with Gasteiger partial charge in [-0.2, -0.15) is 0 Å². The zero-order chi connectivity index (χ0) is 60.5. The van der Waals surface area contributed by atoms with E-state index >= 15 is 0 Å². The van der Waals surface area contributed by atoms with Crippen LogP contribution in [0.25, 0.3) is 0 Å². The van der Waals surface area contributed by atoms with Crippen LogP contribution in [0.4, 0.5) is 0 Å². The Morgan fingerprint density at radius 3 is 0.964 bits per heavy atom. The summed E-state index contributed by atoms with van der Waals surface area (Å²) in [5.74, 6) is -2.30. The quantitative estimate of drug-likeness (QED) is 0.0195. The molecule has 0 aromatic rings. The Bertz CT molecular complexity index is 1820. The Labute approximate surface area is 509 Å². The molecule has 2 unspecified atom stereocenters. The molecule has 0 aromatic carbocycles. The molecule has 0 amide bonds. The molecule has 472 valence electrons. The standard InChI is InChI=1S/C74H123NO8/c1-6-8-10-12-14-16-18-20-22-24-26-28-30-32-34-35-36-37-39-40-42-44-46-48-50-52-54-56-58-60-62-64-71(76)81-68-70(69-82-74(73(78)79)80-67-66-75(3,4)5)83-72(77)65-63-61-59-57-55-53-51-49-47-45-43-41-38-33-31-29-27-25-23-21-19-17-15-13-11-9-7-2/h8-11,14-17,20-23,26-29,32-34,38,43,45,70,74H,6-7,12-13,18-19,24-25,30-31,35-37,39-42,44,46-69H2,1-5H3/b10-8-,11-9-,16-14-,17-15-,22-20-,23-21-,28-26-,29-27-,34-32-,38-33-,45-43-. The number of esters is 2. The van der Waals surface area contributed by atoms with Crippen molar-refractivity contribution < 1.29 is 42.9 Å². The molecule has 9 heteroatoms. The van der Waals surface area contributed by atoms with Crippen molar-refractivity contribution in [3.05, 3.63) is 134 Å². The third kappa shape index (κ3) is 64.8. The highest BCUT2D eigenvalue weighted by Crippen LogP contribution is 2.16. The fourth-order valence-electron chi connectivity index (χ4n) is 8.86. The van der Waals surface area contributed by atoms with Crippen LogP contribution in [-0.4, -0.2) is 82.3 Å². The summed E-state index contributed by atoms with van der Waals surface area (Å²) in [5, 5.41) is 11.8. The third-order valence-electron chi connectivity index (χ3n) is 13.9. The molecule has 0 fully saturated rings. The minimum absolute atomic E-state index is 0.140. The number of carboxylic acid groups (broad SMARTS) is 1. The highest BCUT2D eigenvalue weighted by Gasteiger charge is 2.22. The monoisotopic (exact) mass is 1150 g/mol. The fraction of sp³-hybridized carbons (Fsp3) is 0.662. The average Bonchev–Trinajstić information content (AvgIpc) is 3.46. The highest BCUT2D eigenvalue weighted by molar-refractivity contribution is 5.70. The summed E-state index contributed by atoms with van der Waals surface area (Å²) < 4.78 is 22.8. The second kappa shape index (κ2) is 63.5. The van der Waals surface area contributed by atoms with Gasteiger partial charge in [0.15, 0.2) is 12.4 Å². The highest BCUT2D eigenvalue weighted by atomic mass is 16.7. The summed E-state index contributed by atoms with van der Waals surface area (Å²) >= 11 is 0. The molecular weight excluding hydrogens is 1030 g/mol. The second-order valence-corrected chi connectivity index (χ2v) is 23.0. The molecule has 9 nitrogen and oxygen atoms in total. The van der Waals surface area contributed by atoms with Gasteiger partial charge in [0, 0.05) is 12.8 Å². The van der Waals surface area contributed by atoms with E-state index in [9.17, 15) is 19.5 Å². The molecule has 2 atom stereocenters. The number of ether oxygens (including phenoxy) is 4. The number of allylic oxidation sites excluding steroid dienone is 22. The number of hydrogen-bond donors (Lipinski definition) is 0. The van der Waals surface area contributed by atoms with Crippen molar-refractivity contribution >= 4 is 17.9 Å². The number of hydrogen-bond acceptors (Lipinski definition) is 8. The van der Waals surface area contributed by atoms with Gasteiger partial charge in [-0.3, -0.25) is 9.59 Å². The van der Waals surface area contributed by atoms with Crippen molar-refractivity contribution in [2.75, 3.05) is 47.5 Å². The Morgan fingerprint density at radius 1 is 0.361 bits per heavy atom. The number of likely N-dealkylation sites (N-methyl/N-ethyl adjacent to an activating group) is 1. The summed E-state index contributed by atoms with van der Waals surface area (Å²) in [5.41, 5.74) is 0. The molecule has 0 spiro atoms. The first kappa shape index (κ1) is 78.4. The van der Waals surface area contributed by atoms with Crippen molar-refractivity contribution in [1.29, 1.82) is 0 Å². The van der Waals surface area contributed by atoms with Crippen molar-refractivity contribution in [3.63, 3.8) is 0 Å². The molecule has 0 aliphatic heterocycles. The maximum absolute atomic E-state index is 12.9. The van der Waals surface area contributed by atoms with Gasteiger partial charge in [-0.25, -0.2) is 0 Å². The molecule has 0 radical (unpaired) electrons. The number of rotatable bonds is 60. The molecule has 83 heavy (non-hydrogen) atoms. The van der Waals surface area contributed by atoms with E-state index in [2.05, 4.69) is 148 Å². The Kier molecular flexibility index (Phi) is 60.0. The lowest BCUT2D eigenvalue weighted by Gasteiger charge is -2.26. The van der Waals surface area contributed by atoms with Crippen molar-refractivity contribution in [1.82, 2.24) is 0 Å². The van der Waals surface area contributed by atoms with Gasteiger partial charge >= 0.3 is 11.9 Å². The number of aliphatic carboxylic acids is 1. The lowest BCUT2D eigenvalue weighted by Crippen LogP contribution is -2.44. The normalized spacial score (nSPS) is 13.6. The van der Waals surface area contributed by atoms with Crippen molar-refractivity contribution in [3.8, 4) is 0 Å². The predicted molar refractivity (Wildman–Crippen MR) is 352 cm³/mol. The zero-order valence-electron chi connectivity index (χ0n) is 53.8. The van der Waals surface area contributed by atoms with Gasteiger partial charge in [-0.15, -0.1) is 0 Å². The van der Waals surface area contributed by atoms with E-state index in [0.29, 0.717) is 17.4 Å². The van der Waals surface area contributed by atoms with Gasteiger partial charge in [0.25, 0.3) is 0 Å². The van der Waals surface area contributed by atoms with Gasteiger partial charge in [0.05, 0.1) is 40.3 Å².